The average molecular weight is 481 g/mol. The Kier molecular flexibility index (Phi) is 8.02. The summed E-state index contributed by atoms with van der Waals surface area (Å²) in [5.74, 6) is -1.51. The molecule has 0 radical (unpaired) electrons. The summed E-state index contributed by atoms with van der Waals surface area (Å²) in [6, 6.07) is 15.9. The zero-order valence-corrected chi connectivity index (χ0v) is 19.9. The van der Waals surface area contributed by atoms with E-state index in [9.17, 15) is 14.4 Å². The van der Waals surface area contributed by atoms with Gasteiger partial charge < -0.3 is 25.2 Å². The van der Waals surface area contributed by atoms with E-state index in [0.717, 1.165) is 17.5 Å². The van der Waals surface area contributed by atoms with Crippen molar-refractivity contribution >= 4 is 18.0 Å². The first kappa shape index (κ1) is 24.7. The molecule has 0 saturated carbocycles. The quantitative estimate of drug-likeness (QED) is 0.478. The molecule has 2 aliphatic rings. The van der Waals surface area contributed by atoms with Crippen LogP contribution in [0.1, 0.15) is 49.7 Å². The fourth-order valence-electron chi connectivity index (χ4n) is 4.98. The van der Waals surface area contributed by atoms with Crippen molar-refractivity contribution < 1.29 is 29.0 Å². The van der Waals surface area contributed by atoms with E-state index in [1.807, 2.05) is 31.2 Å². The molecule has 1 heterocycles. The van der Waals surface area contributed by atoms with Crippen molar-refractivity contribution in [2.45, 2.75) is 50.7 Å². The van der Waals surface area contributed by atoms with E-state index in [1.165, 1.54) is 11.1 Å². The van der Waals surface area contributed by atoms with E-state index in [2.05, 4.69) is 34.9 Å². The molecule has 8 nitrogen and oxygen atoms in total. The van der Waals surface area contributed by atoms with Gasteiger partial charge in [0.2, 0.25) is 5.91 Å². The second kappa shape index (κ2) is 11.4. The molecule has 0 bridgehead atoms. The maximum Gasteiger partial charge on any atom is 0.407 e. The summed E-state index contributed by atoms with van der Waals surface area (Å²) < 4.78 is 11.2. The number of benzene rings is 2. The van der Waals surface area contributed by atoms with Crippen LogP contribution >= 0.6 is 0 Å². The van der Waals surface area contributed by atoms with Crippen molar-refractivity contribution in [2.24, 2.45) is 5.92 Å². The van der Waals surface area contributed by atoms with Crippen molar-refractivity contribution in [3.63, 3.8) is 0 Å². The Morgan fingerprint density at radius 2 is 1.74 bits per heavy atom. The van der Waals surface area contributed by atoms with Crippen LogP contribution in [0.2, 0.25) is 0 Å². The topological polar surface area (TPSA) is 114 Å². The van der Waals surface area contributed by atoms with Gasteiger partial charge in [0.05, 0.1) is 25.0 Å². The van der Waals surface area contributed by atoms with Gasteiger partial charge in [0.1, 0.15) is 6.61 Å². The summed E-state index contributed by atoms with van der Waals surface area (Å²) in [5.41, 5.74) is 4.65. The molecule has 4 rings (SSSR count). The number of hydrogen-bond donors (Lipinski definition) is 3. The third-order valence-electron chi connectivity index (χ3n) is 6.67. The molecule has 1 saturated heterocycles. The van der Waals surface area contributed by atoms with Gasteiger partial charge in [-0.1, -0.05) is 61.9 Å². The van der Waals surface area contributed by atoms with Gasteiger partial charge in [-0.3, -0.25) is 9.59 Å². The Morgan fingerprint density at radius 3 is 2.37 bits per heavy atom. The van der Waals surface area contributed by atoms with Crippen molar-refractivity contribution in [2.75, 3.05) is 19.8 Å². The molecule has 1 aliphatic carbocycles. The van der Waals surface area contributed by atoms with E-state index in [-0.39, 0.29) is 56.1 Å². The minimum Gasteiger partial charge on any atom is -0.481 e. The second-order valence-corrected chi connectivity index (χ2v) is 9.19. The number of alkyl carbamates (subject to hydrolysis) is 1. The third kappa shape index (κ3) is 6.00. The van der Waals surface area contributed by atoms with Crippen molar-refractivity contribution in [3.05, 3.63) is 59.7 Å². The van der Waals surface area contributed by atoms with Crippen LogP contribution in [0.15, 0.2) is 48.5 Å². The summed E-state index contributed by atoms with van der Waals surface area (Å²) in [7, 11) is 0. The molecule has 0 unspecified atom stereocenters. The highest BCUT2D eigenvalue weighted by molar-refractivity contribution is 5.80. The number of fused-ring (bicyclic) bond motifs is 3. The number of hydrogen-bond acceptors (Lipinski definition) is 5. The first-order valence-corrected chi connectivity index (χ1v) is 12.2. The smallest absolute Gasteiger partial charge is 0.407 e. The fraction of sp³-hybridized carbons (Fsp3) is 0.444. The van der Waals surface area contributed by atoms with Crippen LogP contribution in [-0.2, 0) is 19.1 Å². The van der Waals surface area contributed by atoms with Gasteiger partial charge in [-0.2, -0.15) is 0 Å². The average Bonchev–Trinajstić information content (AvgIpc) is 3.44. The lowest BCUT2D eigenvalue weighted by molar-refractivity contribution is -0.137. The van der Waals surface area contributed by atoms with Crippen LogP contribution in [0.25, 0.3) is 11.1 Å². The predicted molar refractivity (Wildman–Crippen MR) is 130 cm³/mol. The molecule has 2 aromatic rings. The largest absolute Gasteiger partial charge is 0.481 e. The van der Waals surface area contributed by atoms with Crippen molar-refractivity contribution in [1.29, 1.82) is 0 Å². The number of rotatable bonds is 10. The Balaban J connectivity index is 1.23. The minimum atomic E-state index is -0.934. The highest BCUT2D eigenvalue weighted by Gasteiger charge is 2.33. The highest BCUT2D eigenvalue weighted by atomic mass is 16.5. The van der Waals surface area contributed by atoms with Crippen LogP contribution in [0, 0.1) is 5.92 Å². The third-order valence-corrected chi connectivity index (χ3v) is 6.67. The van der Waals surface area contributed by atoms with E-state index in [4.69, 9.17) is 14.6 Å². The Bertz CT molecular complexity index is 1030. The normalized spacial score (nSPS) is 19.5. The number of aliphatic carboxylic acids is 1. The molecule has 0 spiro atoms. The van der Waals surface area contributed by atoms with Gasteiger partial charge in [0.25, 0.3) is 0 Å². The lowest BCUT2D eigenvalue weighted by atomic mass is 9.98. The van der Waals surface area contributed by atoms with Crippen LogP contribution in [-0.4, -0.2) is 55.0 Å². The molecule has 2 amide bonds. The molecule has 2 aromatic carbocycles. The molecular formula is C27H32N2O6. The van der Waals surface area contributed by atoms with Gasteiger partial charge in [0.15, 0.2) is 0 Å². The van der Waals surface area contributed by atoms with E-state index in [0.29, 0.717) is 12.8 Å². The van der Waals surface area contributed by atoms with E-state index in [1.54, 1.807) is 0 Å². The number of carboxylic acid groups (broad SMARTS) is 1. The van der Waals surface area contributed by atoms with Crippen LogP contribution in [0.4, 0.5) is 4.79 Å². The summed E-state index contributed by atoms with van der Waals surface area (Å²) in [6.07, 6.45) is 0.939. The minimum absolute atomic E-state index is 0.00849. The molecule has 186 valence electrons. The molecular weight excluding hydrogens is 448 g/mol. The summed E-state index contributed by atoms with van der Waals surface area (Å²) in [4.78, 5) is 36.0. The Hall–Kier alpha value is -3.39. The van der Waals surface area contributed by atoms with Gasteiger partial charge in [-0.25, -0.2) is 4.79 Å². The molecule has 8 heteroatoms. The standard InChI is InChI=1S/C27H32N2O6/c1-2-7-18(13-25(30)31)29-26(32)17-12-19(34-15-17)14-28-27(33)35-16-24-22-10-5-3-8-20(22)21-9-4-6-11-23(21)24/h3-6,8-11,17-19,24H,2,7,12-16H2,1H3,(H,28,33)(H,29,32)(H,30,31)/t17-,18+,19-/m0/s1. The SMILES string of the molecule is CCC[C@H](CC(=O)O)NC(=O)[C@@H]1CO[C@H](CNC(=O)OCC2c3ccccc3-c3ccccc32)C1. The number of carbonyl (C=O) groups is 3. The molecule has 0 aromatic heterocycles. The lowest BCUT2D eigenvalue weighted by Gasteiger charge is -2.18. The monoisotopic (exact) mass is 480 g/mol. The molecule has 3 atom stereocenters. The lowest BCUT2D eigenvalue weighted by Crippen LogP contribution is -2.40. The number of carboxylic acids is 1. The molecule has 3 N–H and O–H groups in total. The van der Waals surface area contributed by atoms with Gasteiger partial charge >= 0.3 is 12.1 Å². The van der Waals surface area contributed by atoms with Gasteiger partial charge in [-0.05, 0) is 35.1 Å². The predicted octanol–water partition coefficient (Wildman–Crippen LogP) is 3.69. The number of carbonyl (C=O) groups excluding carboxylic acids is 2. The number of amides is 2. The highest BCUT2D eigenvalue weighted by Crippen LogP contribution is 2.44. The van der Waals surface area contributed by atoms with E-state index >= 15 is 0 Å². The molecule has 1 aliphatic heterocycles. The van der Waals surface area contributed by atoms with Crippen molar-refractivity contribution in [1.82, 2.24) is 10.6 Å². The van der Waals surface area contributed by atoms with Crippen LogP contribution in [0.3, 0.4) is 0 Å². The maximum atomic E-state index is 12.6. The maximum absolute atomic E-state index is 12.6. The summed E-state index contributed by atoms with van der Waals surface area (Å²) in [6.45, 7) is 2.67. The van der Waals surface area contributed by atoms with Crippen molar-refractivity contribution in [3.8, 4) is 11.1 Å². The Labute approximate surface area is 205 Å². The Morgan fingerprint density at radius 1 is 1.09 bits per heavy atom. The van der Waals surface area contributed by atoms with Gasteiger partial charge in [0, 0.05) is 18.5 Å². The molecule has 1 fully saturated rings. The second-order valence-electron chi connectivity index (χ2n) is 9.19. The fourth-order valence-corrected chi connectivity index (χ4v) is 4.98. The van der Waals surface area contributed by atoms with Gasteiger partial charge in [-0.15, -0.1) is 0 Å². The zero-order chi connectivity index (χ0) is 24.8. The number of ether oxygens (including phenoxy) is 2. The first-order chi connectivity index (χ1) is 17.0. The van der Waals surface area contributed by atoms with Crippen LogP contribution in [0.5, 0.6) is 0 Å². The zero-order valence-electron chi connectivity index (χ0n) is 19.9. The first-order valence-electron chi connectivity index (χ1n) is 12.2. The van der Waals surface area contributed by atoms with Crippen LogP contribution < -0.4 is 10.6 Å². The van der Waals surface area contributed by atoms with E-state index < -0.39 is 12.1 Å². The number of nitrogens with one attached hydrogen (secondary N) is 2. The summed E-state index contributed by atoms with van der Waals surface area (Å²) >= 11 is 0. The molecule has 35 heavy (non-hydrogen) atoms. The summed E-state index contributed by atoms with van der Waals surface area (Å²) in [5, 5.41) is 14.6.